The molecule has 0 heterocycles. The van der Waals surface area contributed by atoms with E-state index in [1.165, 1.54) is 19.3 Å². The summed E-state index contributed by atoms with van der Waals surface area (Å²) in [5.74, 6) is 0.914. The molecule has 0 aromatic heterocycles. The van der Waals surface area contributed by atoms with Gasteiger partial charge >= 0.3 is 0 Å². The highest BCUT2D eigenvalue weighted by atomic mass is 14.4. The average molecular weight is 206 g/mol. The summed E-state index contributed by atoms with van der Waals surface area (Å²) in [5, 5.41) is 0. The second-order valence-corrected chi connectivity index (χ2v) is 6.75. The van der Waals surface area contributed by atoms with Gasteiger partial charge in [-0.3, -0.25) is 0 Å². The molecule has 0 saturated heterocycles. The Morgan fingerprint density at radius 1 is 1.00 bits per heavy atom. The molecule has 0 spiro atoms. The van der Waals surface area contributed by atoms with E-state index >= 15 is 0 Å². The van der Waals surface area contributed by atoms with Crippen molar-refractivity contribution in [3.63, 3.8) is 0 Å². The third-order valence-corrected chi connectivity index (χ3v) is 3.00. The van der Waals surface area contributed by atoms with Gasteiger partial charge in [-0.05, 0) is 36.0 Å². The highest BCUT2D eigenvalue weighted by Crippen LogP contribution is 2.45. The highest BCUT2D eigenvalue weighted by molar-refractivity contribution is 5.15. The summed E-state index contributed by atoms with van der Waals surface area (Å²) in [6.07, 6.45) is 13.3. The van der Waals surface area contributed by atoms with Crippen molar-refractivity contribution in [2.45, 2.75) is 53.9 Å². The topological polar surface area (TPSA) is 0 Å². The van der Waals surface area contributed by atoms with Crippen LogP contribution >= 0.6 is 0 Å². The first-order chi connectivity index (χ1) is 6.81. The Labute approximate surface area is 95.5 Å². The third kappa shape index (κ3) is 4.24. The van der Waals surface area contributed by atoms with E-state index in [0.717, 1.165) is 5.92 Å². The monoisotopic (exact) mass is 206 g/mol. The molecular weight excluding hydrogens is 180 g/mol. The van der Waals surface area contributed by atoms with Crippen LogP contribution in [-0.2, 0) is 0 Å². The van der Waals surface area contributed by atoms with Crippen LogP contribution in [0.3, 0.4) is 0 Å². The largest absolute Gasteiger partial charge is 0.0882 e. The van der Waals surface area contributed by atoms with Crippen molar-refractivity contribution < 1.29 is 0 Å². The van der Waals surface area contributed by atoms with Crippen molar-refractivity contribution in [1.82, 2.24) is 0 Å². The van der Waals surface area contributed by atoms with Crippen LogP contribution in [0.15, 0.2) is 24.3 Å². The fraction of sp³-hybridized carbons (Fsp3) is 0.733. The molecule has 2 rings (SSSR count). The van der Waals surface area contributed by atoms with Crippen LogP contribution in [0.4, 0.5) is 0 Å². The Bertz CT molecular complexity index is 246. The van der Waals surface area contributed by atoms with Crippen LogP contribution in [0.25, 0.3) is 0 Å². The Morgan fingerprint density at radius 3 is 2.07 bits per heavy atom. The molecule has 0 bridgehead atoms. The Hall–Kier alpha value is -0.520. The third-order valence-electron chi connectivity index (χ3n) is 3.00. The van der Waals surface area contributed by atoms with E-state index in [1.54, 1.807) is 0 Å². The summed E-state index contributed by atoms with van der Waals surface area (Å²) in [4.78, 5) is 0. The van der Waals surface area contributed by atoms with E-state index in [1.807, 2.05) is 0 Å². The summed E-state index contributed by atoms with van der Waals surface area (Å²) in [5.41, 5.74) is 1.02. The zero-order chi connectivity index (χ0) is 11.5. The number of hydrogen-bond acceptors (Lipinski definition) is 0. The summed E-state index contributed by atoms with van der Waals surface area (Å²) < 4.78 is 0. The van der Waals surface area contributed by atoms with E-state index < -0.39 is 0 Å². The molecule has 0 heteroatoms. The Balaban J connectivity index is 0.000000195. The number of fused-ring (bicyclic) bond motifs is 1. The Kier molecular flexibility index (Phi) is 3.81. The summed E-state index contributed by atoms with van der Waals surface area (Å²) >= 11 is 0. The van der Waals surface area contributed by atoms with Gasteiger partial charge in [0, 0.05) is 0 Å². The first-order valence-electron chi connectivity index (χ1n) is 6.14. The molecule has 0 aliphatic heterocycles. The summed E-state index contributed by atoms with van der Waals surface area (Å²) in [6, 6.07) is 0. The maximum Gasteiger partial charge on any atom is -0.00779 e. The number of allylic oxidation sites excluding steroid dienone is 4. The molecule has 0 N–H and O–H groups in total. The lowest BCUT2D eigenvalue weighted by atomic mass is 9.73. The molecule has 0 saturated carbocycles. The quantitative estimate of drug-likeness (QED) is 0.491. The van der Waals surface area contributed by atoms with Gasteiger partial charge in [-0.2, -0.15) is 0 Å². The summed E-state index contributed by atoms with van der Waals surface area (Å²) in [6.45, 7) is 11.1. The SMILES string of the molecule is CC(C)(C)C.CC12C=CCC1CC=CC2. The number of rotatable bonds is 0. The molecule has 2 unspecified atom stereocenters. The highest BCUT2D eigenvalue weighted by Gasteiger charge is 2.34. The standard InChI is InChI=1S/C10H14.C5H12/c1-10-7-3-2-5-9(10)6-4-8-10;1-5(2,3)4/h2-4,8-9H,5-7H2,1H3;1-4H3. The predicted molar refractivity (Wildman–Crippen MR) is 68.9 cm³/mol. The minimum absolute atomic E-state index is 0.500. The fourth-order valence-corrected chi connectivity index (χ4v) is 2.10. The lowest BCUT2D eigenvalue weighted by molar-refractivity contribution is 0.271. The fourth-order valence-electron chi connectivity index (χ4n) is 2.10. The Morgan fingerprint density at radius 2 is 1.53 bits per heavy atom. The van der Waals surface area contributed by atoms with Gasteiger partial charge in [0.15, 0.2) is 0 Å². The van der Waals surface area contributed by atoms with E-state index in [9.17, 15) is 0 Å². The molecule has 2 atom stereocenters. The maximum atomic E-state index is 2.40. The van der Waals surface area contributed by atoms with Gasteiger partial charge in [-0.15, -0.1) is 0 Å². The van der Waals surface area contributed by atoms with Crippen LogP contribution in [0.1, 0.15) is 53.9 Å². The lowest BCUT2D eigenvalue weighted by Gasteiger charge is -2.31. The molecule has 0 nitrogen and oxygen atoms in total. The normalized spacial score (nSPS) is 33.3. The zero-order valence-corrected chi connectivity index (χ0v) is 11.0. The van der Waals surface area contributed by atoms with Crippen LogP contribution in [-0.4, -0.2) is 0 Å². The van der Waals surface area contributed by atoms with Crippen LogP contribution in [0, 0.1) is 16.7 Å². The van der Waals surface area contributed by atoms with E-state index in [4.69, 9.17) is 0 Å². The van der Waals surface area contributed by atoms with Crippen molar-refractivity contribution in [3.8, 4) is 0 Å². The van der Waals surface area contributed by atoms with Crippen molar-refractivity contribution in [2.24, 2.45) is 16.7 Å². The lowest BCUT2D eigenvalue weighted by Crippen LogP contribution is -2.22. The van der Waals surface area contributed by atoms with Gasteiger partial charge in [-0.1, -0.05) is 58.9 Å². The second-order valence-electron chi connectivity index (χ2n) is 6.75. The van der Waals surface area contributed by atoms with Gasteiger partial charge in [0.1, 0.15) is 0 Å². The molecule has 0 amide bonds. The van der Waals surface area contributed by atoms with Crippen LogP contribution in [0.2, 0.25) is 0 Å². The molecule has 86 valence electrons. The van der Waals surface area contributed by atoms with Crippen LogP contribution in [0.5, 0.6) is 0 Å². The number of hydrogen-bond donors (Lipinski definition) is 0. The minimum atomic E-state index is 0.500. The first-order valence-corrected chi connectivity index (χ1v) is 6.14. The predicted octanol–water partition coefficient (Wildman–Crippen LogP) is 4.97. The van der Waals surface area contributed by atoms with Gasteiger partial charge in [0.2, 0.25) is 0 Å². The van der Waals surface area contributed by atoms with Gasteiger partial charge < -0.3 is 0 Å². The van der Waals surface area contributed by atoms with Crippen LogP contribution < -0.4 is 0 Å². The molecule has 0 aromatic carbocycles. The second kappa shape index (κ2) is 4.55. The minimum Gasteiger partial charge on any atom is -0.0882 e. The van der Waals surface area contributed by atoms with Gasteiger partial charge in [-0.25, -0.2) is 0 Å². The molecule has 2 aliphatic carbocycles. The van der Waals surface area contributed by atoms with Crippen molar-refractivity contribution in [1.29, 1.82) is 0 Å². The maximum absolute atomic E-state index is 2.40. The van der Waals surface area contributed by atoms with E-state index in [2.05, 4.69) is 58.9 Å². The van der Waals surface area contributed by atoms with Crippen molar-refractivity contribution >= 4 is 0 Å². The van der Waals surface area contributed by atoms with E-state index in [0.29, 0.717) is 10.8 Å². The molecule has 2 aliphatic rings. The van der Waals surface area contributed by atoms with Crippen molar-refractivity contribution in [2.75, 3.05) is 0 Å². The van der Waals surface area contributed by atoms with Gasteiger partial charge in [0.25, 0.3) is 0 Å². The van der Waals surface area contributed by atoms with Gasteiger partial charge in [0.05, 0.1) is 0 Å². The first kappa shape index (κ1) is 12.5. The zero-order valence-electron chi connectivity index (χ0n) is 11.0. The molecule has 0 fully saturated rings. The van der Waals surface area contributed by atoms with E-state index in [-0.39, 0.29) is 0 Å². The molecule has 15 heavy (non-hydrogen) atoms. The molecule has 0 radical (unpaired) electrons. The molecular formula is C15H26. The van der Waals surface area contributed by atoms with Crippen molar-refractivity contribution in [3.05, 3.63) is 24.3 Å². The summed E-state index contributed by atoms with van der Waals surface area (Å²) in [7, 11) is 0. The average Bonchev–Trinajstić information content (AvgIpc) is 2.42. The molecule has 0 aromatic rings. The smallest absolute Gasteiger partial charge is 0.00779 e.